The lowest BCUT2D eigenvalue weighted by atomic mass is 10.1. The summed E-state index contributed by atoms with van der Waals surface area (Å²) in [5.74, 6) is -0.888. The second kappa shape index (κ2) is 6.58. The second-order valence-corrected chi connectivity index (χ2v) is 5.69. The number of likely N-dealkylation sites (tertiary alicyclic amines) is 1. The molecule has 0 aromatic carbocycles. The van der Waals surface area contributed by atoms with Gasteiger partial charge in [-0.25, -0.2) is 4.79 Å². The summed E-state index contributed by atoms with van der Waals surface area (Å²) in [6.07, 6.45) is -0.354. The van der Waals surface area contributed by atoms with Crippen molar-refractivity contribution in [1.29, 1.82) is 0 Å². The van der Waals surface area contributed by atoms with Crippen LogP contribution in [0.4, 0.5) is 4.79 Å². The van der Waals surface area contributed by atoms with Crippen molar-refractivity contribution < 1.29 is 23.9 Å². The van der Waals surface area contributed by atoms with Crippen LogP contribution in [-0.2, 0) is 19.1 Å². The number of nitrogens with one attached hydrogen (secondary N) is 1. The molecule has 1 heterocycles. The molecular formula is C13H22N2O5. The zero-order valence-electron chi connectivity index (χ0n) is 12.4. The van der Waals surface area contributed by atoms with Gasteiger partial charge in [0.25, 0.3) is 0 Å². The minimum Gasteiger partial charge on any atom is -0.469 e. The highest BCUT2D eigenvalue weighted by molar-refractivity contribution is 5.86. The number of ether oxygens (including phenoxy) is 2. The molecular weight excluding hydrogens is 264 g/mol. The van der Waals surface area contributed by atoms with Crippen LogP contribution in [0.25, 0.3) is 0 Å². The van der Waals surface area contributed by atoms with Crippen molar-refractivity contribution in [3.05, 3.63) is 0 Å². The molecule has 0 radical (unpaired) electrons. The Morgan fingerprint density at radius 2 is 2.05 bits per heavy atom. The van der Waals surface area contributed by atoms with Gasteiger partial charge in [0.15, 0.2) is 0 Å². The first kappa shape index (κ1) is 16.3. The maximum Gasteiger partial charge on any atom is 0.407 e. The van der Waals surface area contributed by atoms with E-state index in [9.17, 15) is 14.4 Å². The van der Waals surface area contributed by atoms with E-state index in [0.717, 1.165) is 0 Å². The van der Waals surface area contributed by atoms with Gasteiger partial charge in [0, 0.05) is 26.1 Å². The number of rotatable bonds is 4. The SMILES string of the molecule is COC(=O)C1CC(=O)N(CCNC(=O)OC(C)(C)C)C1. The van der Waals surface area contributed by atoms with E-state index in [2.05, 4.69) is 10.1 Å². The summed E-state index contributed by atoms with van der Waals surface area (Å²) in [5.41, 5.74) is -0.552. The Morgan fingerprint density at radius 3 is 2.60 bits per heavy atom. The molecule has 114 valence electrons. The van der Waals surface area contributed by atoms with E-state index in [1.165, 1.54) is 7.11 Å². The normalized spacial score (nSPS) is 18.9. The Labute approximate surface area is 118 Å². The predicted octanol–water partition coefficient (Wildman–Crippen LogP) is 0.533. The molecule has 1 saturated heterocycles. The standard InChI is InChI=1S/C13H22N2O5/c1-13(2,3)20-12(18)14-5-6-15-8-9(7-10(15)16)11(17)19-4/h9H,5-8H2,1-4H3,(H,14,18). The van der Waals surface area contributed by atoms with E-state index in [1.54, 1.807) is 25.7 Å². The van der Waals surface area contributed by atoms with Crippen molar-refractivity contribution in [1.82, 2.24) is 10.2 Å². The van der Waals surface area contributed by atoms with Crippen molar-refractivity contribution in [3.8, 4) is 0 Å². The van der Waals surface area contributed by atoms with Crippen LogP contribution >= 0.6 is 0 Å². The molecule has 7 nitrogen and oxygen atoms in total. The lowest BCUT2D eigenvalue weighted by Crippen LogP contribution is -2.38. The average molecular weight is 286 g/mol. The minimum atomic E-state index is -0.552. The summed E-state index contributed by atoms with van der Waals surface area (Å²) in [6.45, 7) is 6.30. The van der Waals surface area contributed by atoms with Gasteiger partial charge in [0.2, 0.25) is 5.91 Å². The molecule has 0 aromatic heterocycles. The summed E-state index contributed by atoms with van der Waals surface area (Å²) in [4.78, 5) is 36.0. The highest BCUT2D eigenvalue weighted by Gasteiger charge is 2.34. The topological polar surface area (TPSA) is 84.9 Å². The third-order valence-corrected chi connectivity index (χ3v) is 2.80. The van der Waals surface area contributed by atoms with Crippen LogP contribution in [0, 0.1) is 5.92 Å². The van der Waals surface area contributed by atoms with Gasteiger partial charge < -0.3 is 19.7 Å². The van der Waals surface area contributed by atoms with Crippen molar-refractivity contribution in [2.45, 2.75) is 32.8 Å². The lowest BCUT2D eigenvalue weighted by molar-refractivity contribution is -0.145. The van der Waals surface area contributed by atoms with Gasteiger partial charge in [-0.15, -0.1) is 0 Å². The van der Waals surface area contributed by atoms with Crippen molar-refractivity contribution in [2.75, 3.05) is 26.7 Å². The number of carbonyl (C=O) groups is 3. The van der Waals surface area contributed by atoms with Crippen molar-refractivity contribution in [3.63, 3.8) is 0 Å². The number of esters is 1. The maximum absolute atomic E-state index is 11.7. The summed E-state index contributed by atoms with van der Waals surface area (Å²) >= 11 is 0. The molecule has 0 bridgehead atoms. The Balaban J connectivity index is 2.31. The van der Waals surface area contributed by atoms with Gasteiger partial charge in [-0.2, -0.15) is 0 Å². The third-order valence-electron chi connectivity index (χ3n) is 2.80. The highest BCUT2D eigenvalue weighted by Crippen LogP contribution is 2.18. The number of alkyl carbamates (subject to hydrolysis) is 1. The van der Waals surface area contributed by atoms with E-state index in [1.807, 2.05) is 0 Å². The summed E-state index contributed by atoms with van der Waals surface area (Å²) in [7, 11) is 1.31. The van der Waals surface area contributed by atoms with Crippen LogP contribution in [0.5, 0.6) is 0 Å². The molecule has 0 aromatic rings. The van der Waals surface area contributed by atoms with Crippen molar-refractivity contribution in [2.24, 2.45) is 5.92 Å². The third kappa shape index (κ3) is 5.07. The molecule has 1 fully saturated rings. The van der Waals surface area contributed by atoms with E-state index in [0.29, 0.717) is 13.1 Å². The second-order valence-electron chi connectivity index (χ2n) is 5.69. The van der Waals surface area contributed by atoms with Crippen LogP contribution in [0.3, 0.4) is 0 Å². The first-order chi connectivity index (χ1) is 9.23. The van der Waals surface area contributed by atoms with Crippen LogP contribution in [0.1, 0.15) is 27.2 Å². The van der Waals surface area contributed by atoms with E-state index < -0.39 is 17.6 Å². The largest absolute Gasteiger partial charge is 0.469 e. The molecule has 0 saturated carbocycles. The summed E-state index contributed by atoms with van der Waals surface area (Å²) < 4.78 is 9.70. The molecule has 20 heavy (non-hydrogen) atoms. The van der Waals surface area contributed by atoms with Crippen molar-refractivity contribution >= 4 is 18.0 Å². The first-order valence-corrected chi connectivity index (χ1v) is 6.55. The smallest absolute Gasteiger partial charge is 0.407 e. The molecule has 0 aliphatic carbocycles. The molecule has 1 atom stereocenters. The Hall–Kier alpha value is -1.79. The molecule has 1 aliphatic heterocycles. The maximum atomic E-state index is 11.7. The van der Waals surface area contributed by atoms with E-state index in [4.69, 9.17) is 4.74 Å². The number of amides is 2. The number of hydrogen-bond donors (Lipinski definition) is 1. The quantitative estimate of drug-likeness (QED) is 0.762. The van der Waals surface area contributed by atoms with Gasteiger partial charge >= 0.3 is 12.1 Å². The molecule has 1 unspecified atom stereocenters. The van der Waals surface area contributed by atoms with E-state index >= 15 is 0 Å². The number of carbonyl (C=O) groups excluding carboxylic acids is 3. The average Bonchev–Trinajstić information content (AvgIpc) is 2.68. The summed E-state index contributed by atoms with van der Waals surface area (Å²) in [5, 5.41) is 2.57. The highest BCUT2D eigenvalue weighted by atomic mass is 16.6. The molecule has 1 N–H and O–H groups in total. The number of nitrogens with zero attached hydrogens (tertiary/aromatic N) is 1. The molecule has 2 amide bonds. The summed E-state index contributed by atoms with van der Waals surface area (Å²) in [6, 6.07) is 0. The Kier molecular flexibility index (Phi) is 5.35. The van der Waals surface area contributed by atoms with Gasteiger partial charge in [-0.05, 0) is 20.8 Å². The number of hydrogen-bond acceptors (Lipinski definition) is 5. The van der Waals surface area contributed by atoms with Gasteiger partial charge in [-0.1, -0.05) is 0 Å². The van der Waals surface area contributed by atoms with E-state index in [-0.39, 0.29) is 24.8 Å². The Morgan fingerprint density at radius 1 is 1.40 bits per heavy atom. The Bertz CT molecular complexity index is 389. The van der Waals surface area contributed by atoms with Crippen LogP contribution in [0.15, 0.2) is 0 Å². The first-order valence-electron chi connectivity index (χ1n) is 6.55. The molecule has 1 aliphatic rings. The zero-order chi connectivity index (χ0) is 15.3. The monoisotopic (exact) mass is 286 g/mol. The minimum absolute atomic E-state index is 0.105. The number of methoxy groups -OCH3 is 1. The fourth-order valence-corrected chi connectivity index (χ4v) is 1.92. The molecule has 1 rings (SSSR count). The predicted molar refractivity (Wildman–Crippen MR) is 70.9 cm³/mol. The zero-order valence-corrected chi connectivity index (χ0v) is 12.4. The van der Waals surface area contributed by atoms with Gasteiger partial charge in [0.1, 0.15) is 5.60 Å². The van der Waals surface area contributed by atoms with Crippen LogP contribution < -0.4 is 5.32 Å². The molecule has 7 heteroatoms. The fourth-order valence-electron chi connectivity index (χ4n) is 1.92. The molecule has 0 spiro atoms. The van der Waals surface area contributed by atoms with Crippen LogP contribution in [-0.4, -0.2) is 55.2 Å². The fraction of sp³-hybridized carbons (Fsp3) is 0.769. The van der Waals surface area contributed by atoms with Gasteiger partial charge in [-0.3, -0.25) is 9.59 Å². The lowest BCUT2D eigenvalue weighted by Gasteiger charge is -2.21. The van der Waals surface area contributed by atoms with Gasteiger partial charge in [0.05, 0.1) is 13.0 Å². The van der Waals surface area contributed by atoms with Crippen LogP contribution in [0.2, 0.25) is 0 Å².